The Hall–Kier alpha value is -1.82. The summed E-state index contributed by atoms with van der Waals surface area (Å²) in [4.78, 5) is 4.29. The predicted molar refractivity (Wildman–Crippen MR) is 67.8 cm³/mol. The van der Waals surface area contributed by atoms with Gasteiger partial charge in [-0.25, -0.2) is 8.78 Å². The van der Waals surface area contributed by atoms with Crippen molar-refractivity contribution in [3.05, 3.63) is 47.1 Å². The van der Waals surface area contributed by atoms with Gasteiger partial charge in [-0.15, -0.1) is 0 Å². The summed E-state index contributed by atoms with van der Waals surface area (Å²) in [5, 5.41) is 3.93. The van der Waals surface area contributed by atoms with E-state index in [1.165, 1.54) is 6.07 Å². The SMILES string of the molecule is NC1(c2noc(Cc3ccc(F)c(F)c3)n2)CCCC1. The highest BCUT2D eigenvalue weighted by Gasteiger charge is 2.35. The fourth-order valence-electron chi connectivity index (χ4n) is 2.58. The van der Waals surface area contributed by atoms with Crippen molar-refractivity contribution >= 4 is 0 Å². The Morgan fingerprint density at radius 3 is 2.65 bits per heavy atom. The van der Waals surface area contributed by atoms with Crippen LogP contribution in [0.5, 0.6) is 0 Å². The fraction of sp³-hybridized carbons (Fsp3) is 0.429. The summed E-state index contributed by atoms with van der Waals surface area (Å²) in [6.07, 6.45) is 4.07. The number of hydrogen-bond acceptors (Lipinski definition) is 4. The summed E-state index contributed by atoms with van der Waals surface area (Å²) >= 11 is 0. The third-order valence-corrected chi connectivity index (χ3v) is 3.75. The van der Waals surface area contributed by atoms with Crippen molar-refractivity contribution in [2.24, 2.45) is 5.73 Å². The molecule has 2 N–H and O–H groups in total. The zero-order valence-electron chi connectivity index (χ0n) is 10.9. The van der Waals surface area contributed by atoms with E-state index in [4.69, 9.17) is 10.3 Å². The lowest BCUT2D eigenvalue weighted by Crippen LogP contribution is -2.34. The molecule has 1 heterocycles. The van der Waals surface area contributed by atoms with Crippen LogP contribution < -0.4 is 5.73 Å². The molecule has 0 bridgehead atoms. The number of rotatable bonds is 3. The Morgan fingerprint density at radius 2 is 1.95 bits per heavy atom. The molecule has 3 rings (SSSR count). The van der Waals surface area contributed by atoms with Crippen LogP contribution in [0.1, 0.15) is 43.0 Å². The minimum absolute atomic E-state index is 0.264. The Labute approximate surface area is 115 Å². The lowest BCUT2D eigenvalue weighted by atomic mass is 9.99. The van der Waals surface area contributed by atoms with Crippen molar-refractivity contribution in [3.8, 4) is 0 Å². The molecular weight excluding hydrogens is 264 g/mol. The number of nitrogens with zero attached hydrogens (tertiary/aromatic N) is 2. The van der Waals surface area contributed by atoms with Gasteiger partial charge in [0.1, 0.15) is 0 Å². The molecule has 106 valence electrons. The first-order valence-corrected chi connectivity index (χ1v) is 6.63. The van der Waals surface area contributed by atoms with Crippen LogP contribution in [0.15, 0.2) is 22.7 Å². The summed E-state index contributed by atoms with van der Waals surface area (Å²) in [5.41, 5.74) is 6.31. The molecule has 1 fully saturated rings. The van der Waals surface area contributed by atoms with E-state index in [9.17, 15) is 8.78 Å². The van der Waals surface area contributed by atoms with Crippen LogP contribution in [-0.2, 0) is 12.0 Å². The van der Waals surface area contributed by atoms with Crippen molar-refractivity contribution in [3.63, 3.8) is 0 Å². The zero-order valence-corrected chi connectivity index (χ0v) is 10.9. The highest BCUT2D eigenvalue weighted by molar-refractivity contribution is 5.21. The maximum Gasteiger partial charge on any atom is 0.231 e. The first kappa shape index (κ1) is 13.2. The molecule has 2 aromatic rings. The van der Waals surface area contributed by atoms with Gasteiger partial charge in [0.05, 0.1) is 12.0 Å². The van der Waals surface area contributed by atoms with Crippen LogP contribution in [0, 0.1) is 11.6 Å². The van der Waals surface area contributed by atoms with Gasteiger partial charge >= 0.3 is 0 Å². The van der Waals surface area contributed by atoms with Gasteiger partial charge in [0.2, 0.25) is 5.89 Å². The molecule has 6 heteroatoms. The van der Waals surface area contributed by atoms with Crippen LogP contribution in [0.25, 0.3) is 0 Å². The standard InChI is InChI=1S/C14H15F2N3O/c15-10-4-3-9(7-11(10)16)8-12-18-13(19-20-12)14(17)5-1-2-6-14/h3-4,7H,1-2,5-6,8,17H2. The number of nitrogens with two attached hydrogens (primary N) is 1. The first-order valence-electron chi connectivity index (χ1n) is 6.63. The van der Waals surface area contributed by atoms with E-state index in [-0.39, 0.29) is 6.42 Å². The fourth-order valence-corrected chi connectivity index (χ4v) is 2.58. The van der Waals surface area contributed by atoms with Gasteiger partial charge in [-0.3, -0.25) is 0 Å². The van der Waals surface area contributed by atoms with E-state index in [1.54, 1.807) is 0 Å². The average molecular weight is 279 g/mol. The number of hydrogen-bond donors (Lipinski definition) is 1. The second-order valence-corrected chi connectivity index (χ2v) is 5.30. The van der Waals surface area contributed by atoms with E-state index >= 15 is 0 Å². The van der Waals surface area contributed by atoms with Crippen LogP contribution in [-0.4, -0.2) is 10.1 Å². The molecule has 20 heavy (non-hydrogen) atoms. The van der Waals surface area contributed by atoms with Gasteiger partial charge in [0, 0.05) is 0 Å². The third-order valence-electron chi connectivity index (χ3n) is 3.75. The monoisotopic (exact) mass is 279 g/mol. The van der Waals surface area contributed by atoms with Crippen LogP contribution in [0.2, 0.25) is 0 Å². The Kier molecular flexibility index (Phi) is 3.25. The Morgan fingerprint density at radius 1 is 1.20 bits per heavy atom. The van der Waals surface area contributed by atoms with E-state index in [0.29, 0.717) is 17.3 Å². The second kappa shape index (κ2) is 4.94. The lowest BCUT2D eigenvalue weighted by Gasteiger charge is -2.17. The van der Waals surface area contributed by atoms with Crippen molar-refractivity contribution in [2.75, 3.05) is 0 Å². The molecule has 1 aromatic carbocycles. The van der Waals surface area contributed by atoms with Gasteiger partial charge in [0.15, 0.2) is 17.5 Å². The highest BCUT2D eigenvalue weighted by atomic mass is 19.2. The molecule has 1 saturated carbocycles. The second-order valence-electron chi connectivity index (χ2n) is 5.30. The number of halogens is 2. The van der Waals surface area contributed by atoms with Crippen molar-refractivity contribution in [1.29, 1.82) is 0 Å². The van der Waals surface area contributed by atoms with Crippen LogP contribution >= 0.6 is 0 Å². The van der Waals surface area contributed by atoms with Gasteiger partial charge < -0.3 is 10.3 Å². The average Bonchev–Trinajstić information content (AvgIpc) is 3.04. The van der Waals surface area contributed by atoms with Gasteiger partial charge in [-0.2, -0.15) is 4.98 Å². The minimum atomic E-state index is -0.881. The van der Waals surface area contributed by atoms with Crippen molar-refractivity contribution in [1.82, 2.24) is 10.1 Å². The molecule has 0 aliphatic heterocycles. The van der Waals surface area contributed by atoms with Gasteiger partial charge in [-0.1, -0.05) is 24.1 Å². The maximum atomic E-state index is 13.1. The van der Waals surface area contributed by atoms with E-state index < -0.39 is 17.2 Å². The largest absolute Gasteiger partial charge is 0.339 e. The predicted octanol–water partition coefficient (Wildman–Crippen LogP) is 2.67. The smallest absolute Gasteiger partial charge is 0.231 e. The van der Waals surface area contributed by atoms with Crippen LogP contribution in [0.4, 0.5) is 8.78 Å². The molecule has 1 aliphatic carbocycles. The van der Waals surface area contributed by atoms with Crippen molar-refractivity contribution < 1.29 is 13.3 Å². The minimum Gasteiger partial charge on any atom is -0.339 e. The molecule has 4 nitrogen and oxygen atoms in total. The van der Waals surface area contributed by atoms with E-state index in [0.717, 1.165) is 37.8 Å². The normalized spacial score (nSPS) is 17.6. The summed E-state index contributed by atoms with van der Waals surface area (Å²) in [7, 11) is 0. The molecule has 1 aliphatic rings. The summed E-state index contributed by atoms with van der Waals surface area (Å²) in [6, 6.07) is 3.71. The summed E-state index contributed by atoms with van der Waals surface area (Å²) in [6.45, 7) is 0. The molecule has 0 saturated heterocycles. The maximum absolute atomic E-state index is 13.1. The Balaban J connectivity index is 1.78. The summed E-state index contributed by atoms with van der Waals surface area (Å²) < 4.78 is 31.1. The van der Waals surface area contributed by atoms with Gasteiger partial charge in [-0.05, 0) is 30.5 Å². The quantitative estimate of drug-likeness (QED) is 0.938. The number of benzene rings is 1. The first-order chi connectivity index (χ1) is 9.57. The van der Waals surface area contributed by atoms with Gasteiger partial charge in [0.25, 0.3) is 0 Å². The van der Waals surface area contributed by atoms with Crippen LogP contribution in [0.3, 0.4) is 0 Å². The molecule has 0 radical (unpaired) electrons. The van der Waals surface area contributed by atoms with E-state index in [1.807, 2.05) is 0 Å². The lowest BCUT2D eigenvalue weighted by molar-refractivity contribution is 0.352. The molecule has 0 spiro atoms. The molecular formula is C14H15F2N3O. The highest BCUT2D eigenvalue weighted by Crippen LogP contribution is 2.34. The topological polar surface area (TPSA) is 64.9 Å². The molecule has 1 aromatic heterocycles. The van der Waals surface area contributed by atoms with Crippen molar-refractivity contribution in [2.45, 2.75) is 37.6 Å². The molecule has 0 atom stereocenters. The molecule has 0 amide bonds. The summed E-state index contributed by atoms with van der Waals surface area (Å²) in [5.74, 6) is -0.879. The van der Waals surface area contributed by atoms with E-state index in [2.05, 4.69) is 10.1 Å². The number of aromatic nitrogens is 2. The Bertz CT molecular complexity index is 621. The third kappa shape index (κ3) is 2.43. The molecule has 0 unspecified atom stereocenters. The zero-order chi connectivity index (χ0) is 14.2.